The Hall–Kier alpha value is -3.75. The monoisotopic (exact) mass is 605 g/mol. The number of nitriles is 1. The van der Waals surface area contributed by atoms with Gasteiger partial charge in [0.1, 0.15) is 10.7 Å². The zero-order chi connectivity index (χ0) is 27.9. The number of carbonyl (C=O) groups excluding carboxylic acids is 1. The van der Waals surface area contributed by atoms with E-state index in [2.05, 4.69) is 26.2 Å². The van der Waals surface area contributed by atoms with Crippen molar-refractivity contribution in [2.24, 2.45) is 0 Å². The van der Waals surface area contributed by atoms with Crippen molar-refractivity contribution in [1.82, 2.24) is 29.6 Å². The van der Waals surface area contributed by atoms with E-state index in [1.54, 1.807) is 28.7 Å². The Balaban J connectivity index is 1.37. The Kier molecular flexibility index (Phi) is 9.08. The number of aromatic nitrogens is 5. The van der Waals surface area contributed by atoms with Crippen molar-refractivity contribution in [1.29, 1.82) is 5.26 Å². The summed E-state index contributed by atoms with van der Waals surface area (Å²) in [5, 5.41) is 22.3. The molecule has 0 radical (unpaired) electrons. The zero-order valence-corrected chi connectivity index (χ0v) is 24.1. The maximum atomic E-state index is 13.3. The van der Waals surface area contributed by atoms with Crippen LogP contribution in [0.3, 0.4) is 0 Å². The molecule has 5 aromatic rings. The third-order valence-corrected chi connectivity index (χ3v) is 8.32. The lowest BCUT2D eigenvalue weighted by molar-refractivity contribution is 0.0741. The van der Waals surface area contributed by atoms with Crippen molar-refractivity contribution >= 4 is 52.2 Å². The fourth-order valence-electron chi connectivity index (χ4n) is 3.94. The SMILES string of the molecule is N#CCCN(Cc1cccnc1)C(=O)c1csc(CSc2nnc(-c3ccccc3Cl)n2-c2cccc(Cl)c2)n1. The number of rotatable bonds is 10. The summed E-state index contributed by atoms with van der Waals surface area (Å²) >= 11 is 15.6. The van der Waals surface area contributed by atoms with E-state index in [1.165, 1.54) is 23.1 Å². The van der Waals surface area contributed by atoms with Gasteiger partial charge in [0.25, 0.3) is 5.91 Å². The number of nitrogens with zero attached hydrogens (tertiary/aromatic N) is 7. The number of thiazole rings is 1. The second-order valence-corrected chi connectivity index (χ2v) is 11.2. The van der Waals surface area contributed by atoms with Crippen LogP contribution < -0.4 is 0 Å². The second-order valence-electron chi connectivity index (χ2n) is 8.51. The lowest BCUT2D eigenvalue weighted by atomic mass is 10.2. The van der Waals surface area contributed by atoms with Crippen molar-refractivity contribution in [3.63, 3.8) is 0 Å². The first-order chi connectivity index (χ1) is 19.5. The summed E-state index contributed by atoms with van der Waals surface area (Å²) in [4.78, 5) is 23.6. The molecule has 5 rings (SSSR count). The predicted molar refractivity (Wildman–Crippen MR) is 158 cm³/mol. The summed E-state index contributed by atoms with van der Waals surface area (Å²) < 4.78 is 1.91. The van der Waals surface area contributed by atoms with Crippen LogP contribution in [-0.2, 0) is 12.3 Å². The third-order valence-electron chi connectivity index (χ3n) is 5.79. The quantitative estimate of drug-likeness (QED) is 0.159. The summed E-state index contributed by atoms with van der Waals surface area (Å²) in [5.41, 5.74) is 2.77. The molecule has 12 heteroatoms. The van der Waals surface area contributed by atoms with E-state index in [0.29, 0.717) is 45.6 Å². The molecule has 0 aliphatic rings. The molecule has 0 aliphatic heterocycles. The van der Waals surface area contributed by atoms with E-state index in [9.17, 15) is 4.79 Å². The molecule has 0 bridgehead atoms. The van der Waals surface area contributed by atoms with Crippen LogP contribution in [0, 0.1) is 11.3 Å². The minimum atomic E-state index is -0.227. The highest BCUT2D eigenvalue weighted by Crippen LogP contribution is 2.34. The van der Waals surface area contributed by atoms with Crippen LogP contribution in [0.1, 0.15) is 27.5 Å². The van der Waals surface area contributed by atoms with Crippen molar-refractivity contribution in [3.05, 3.63) is 105 Å². The van der Waals surface area contributed by atoms with Crippen molar-refractivity contribution in [3.8, 4) is 23.1 Å². The molecule has 0 saturated carbocycles. The standard InChI is InChI=1S/C28H21Cl2N7OS2/c29-20-7-3-8-21(14-20)37-26(22-9-1-2-10-23(22)30)34-35-28(37)40-18-25-33-24(17-39-25)27(38)36(13-5-11-31)16-19-6-4-12-32-15-19/h1-4,6-10,12,14-15,17H,5,13,16,18H2. The molecule has 3 aromatic heterocycles. The van der Waals surface area contributed by atoms with Crippen molar-refractivity contribution < 1.29 is 4.79 Å². The number of amides is 1. The van der Waals surface area contributed by atoms with Crippen molar-refractivity contribution in [2.75, 3.05) is 6.54 Å². The number of hydrogen-bond acceptors (Lipinski definition) is 8. The van der Waals surface area contributed by atoms with E-state index >= 15 is 0 Å². The van der Waals surface area contributed by atoms with Crippen LogP contribution in [0.4, 0.5) is 0 Å². The molecule has 0 N–H and O–H groups in total. The van der Waals surface area contributed by atoms with Crippen LogP contribution in [0.25, 0.3) is 17.1 Å². The van der Waals surface area contributed by atoms with Crippen LogP contribution >= 0.6 is 46.3 Å². The largest absolute Gasteiger partial charge is 0.332 e. The smallest absolute Gasteiger partial charge is 0.273 e. The Morgan fingerprint density at radius 2 is 1.98 bits per heavy atom. The van der Waals surface area contributed by atoms with Gasteiger partial charge in [-0.25, -0.2) is 4.98 Å². The van der Waals surface area contributed by atoms with Crippen LogP contribution in [-0.4, -0.2) is 42.1 Å². The molecule has 8 nitrogen and oxygen atoms in total. The highest BCUT2D eigenvalue weighted by molar-refractivity contribution is 7.98. The highest BCUT2D eigenvalue weighted by Gasteiger charge is 2.21. The van der Waals surface area contributed by atoms with Gasteiger partial charge in [-0.3, -0.25) is 14.3 Å². The molecule has 200 valence electrons. The van der Waals surface area contributed by atoms with E-state index < -0.39 is 0 Å². The molecule has 0 fully saturated rings. The average Bonchev–Trinajstić information content (AvgIpc) is 3.62. The van der Waals surface area contributed by atoms with Crippen LogP contribution in [0.2, 0.25) is 10.0 Å². The van der Waals surface area contributed by atoms with Gasteiger partial charge in [-0.05, 0) is 42.0 Å². The van der Waals surface area contributed by atoms with Gasteiger partial charge in [-0.15, -0.1) is 21.5 Å². The fraction of sp³-hybridized carbons (Fsp3) is 0.143. The van der Waals surface area contributed by atoms with Crippen molar-refractivity contribution in [2.45, 2.75) is 23.9 Å². The Morgan fingerprint density at radius 3 is 2.75 bits per heavy atom. The molecule has 3 heterocycles. The molecule has 1 amide bonds. The highest BCUT2D eigenvalue weighted by atomic mass is 35.5. The van der Waals surface area contributed by atoms with Gasteiger partial charge >= 0.3 is 0 Å². The molecule has 0 atom stereocenters. The number of thioether (sulfide) groups is 1. The van der Waals surface area contributed by atoms with Crippen LogP contribution in [0.15, 0.2) is 83.6 Å². The lowest BCUT2D eigenvalue weighted by Gasteiger charge is -2.20. The van der Waals surface area contributed by atoms with E-state index in [0.717, 1.165) is 21.8 Å². The fourth-order valence-corrected chi connectivity index (χ4v) is 6.08. The number of hydrogen-bond donors (Lipinski definition) is 0. The number of benzene rings is 2. The van der Waals surface area contributed by atoms with E-state index in [-0.39, 0.29) is 12.3 Å². The summed E-state index contributed by atoms with van der Waals surface area (Å²) in [6.45, 7) is 0.656. The third kappa shape index (κ3) is 6.51. The minimum absolute atomic E-state index is 0.227. The van der Waals surface area contributed by atoms with Gasteiger partial charge in [-0.1, -0.05) is 59.2 Å². The number of carbonyl (C=O) groups is 1. The van der Waals surface area contributed by atoms with Gasteiger partial charge in [0.15, 0.2) is 11.0 Å². The Morgan fingerprint density at radius 1 is 1.10 bits per heavy atom. The summed E-state index contributed by atoms with van der Waals surface area (Å²) in [7, 11) is 0. The molecule has 0 spiro atoms. The zero-order valence-electron chi connectivity index (χ0n) is 20.9. The second kappa shape index (κ2) is 13.1. The van der Waals surface area contributed by atoms with E-state index in [1.807, 2.05) is 59.2 Å². The molecule has 2 aromatic carbocycles. The number of halogens is 2. The van der Waals surface area contributed by atoms with Gasteiger partial charge in [-0.2, -0.15) is 5.26 Å². The maximum Gasteiger partial charge on any atom is 0.273 e. The van der Waals surface area contributed by atoms with Gasteiger partial charge < -0.3 is 4.90 Å². The summed E-state index contributed by atoms with van der Waals surface area (Å²) in [6, 6.07) is 20.7. The average molecular weight is 607 g/mol. The molecule has 0 unspecified atom stereocenters. The summed E-state index contributed by atoms with van der Waals surface area (Å²) in [6.07, 6.45) is 3.62. The maximum absolute atomic E-state index is 13.3. The van der Waals surface area contributed by atoms with E-state index in [4.69, 9.17) is 28.5 Å². The van der Waals surface area contributed by atoms with Gasteiger partial charge in [0.2, 0.25) is 0 Å². The topological polar surface area (TPSA) is 101 Å². The molecule has 0 saturated heterocycles. The molecule has 40 heavy (non-hydrogen) atoms. The normalized spacial score (nSPS) is 10.8. The van der Waals surface area contributed by atoms with Gasteiger partial charge in [0, 0.05) is 41.4 Å². The minimum Gasteiger partial charge on any atom is -0.332 e. The van der Waals surface area contributed by atoms with Crippen LogP contribution in [0.5, 0.6) is 0 Å². The molecular formula is C28H21Cl2N7OS2. The number of pyridine rings is 1. The Labute approximate surface area is 249 Å². The summed E-state index contributed by atoms with van der Waals surface area (Å²) in [5.74, 6) is 0.837. The molecule has 0 aliphatic carbocycles. The van der Waals surface area contributed by atoms with Gasteiger partial charge in [0.05, 0.1) is 29.0 Å². The first-order valence-electron chi connectivity index (χ1n) is 12.1. The first kappa shape index (κ1) is 27.8. The Bertz CT molecular complexity index is 1670. The predicted octanol–water partition coefficient (Wildman–Crippen LogP) is 6.94. The molecular weight excluding hydrogens is 585 g/mol. The lowest BCUT2D eigenvalue weighted by Crippen LogP contribution is -2.31. The first-order valence-corrected chi connectivity index (χ1v) is 14.7.